The minimum absolute atomic E-state index is 0.00125. The lowest BCUT2D eigenvalue weighted by molar-refractivity contribution is -0.841. The Bertz CT molecular complexity index is 1540. The van der Waals surface area contributed by atoms with Crippen LogP contribution >= 0.6 is 11.6 Å². The van der Waals surface area contributed by atoms with Gasteiger partial charge in [0.05, 0.1) is 25.2 Å². The van der Waals surface area contributed by atoms with Crippen molar-refractivity contribution in [1.29, 1.82) is 0 Å². The molecule has 11 nitrogen and oxygen atoms in total. The second-order valence-corrected chi connectivity index (χ2v) is 16.6. The van der Waals surface area contributed by atoms with Crippen molar-refractivity contribution in [1.82, 2.24) is 16.0 Å². The van der Waals surface area contributed by atoms with Crippen LogP contribution in [0.5, 0.6) is 0 Å². The van der Waals surface area contributed by atoms with E-state index in [-0.39, 0.29) is 55.1 Å². The van der Waals surface area contributed by atoms with Crippen molar-refractivity contribution in [3.8, 4) is 0 Å². The van der Waals surface area contributed by atoms with Crippen molar-refractivity contribution in [2.75, 3.05) is 13.6 Å². The Hall–Kier alpha value is -3.38. The molecule has 0 radical (unpaired) electrons. The lowest BCUT2D eigenvalue weighted by Crippen LogP contribution is -2.67. The molecule has 2 saturated carbocycles. The standard InChI is InChI=1S/C37H51ClFN5O6/c1-6-10-27(31(46)34(48)40-24-14-15-24)41-33(47)29-20-37(19-28(43-50-37)25-18-23(38)13-16-26(25)39)21-44(29,5)35(49)32(36(2,3)4)42-30(45)17-22-11-8-7-9-12-22/h13,16,18,22,24,27,29,32H,6-12,14-15,17,19-21H2,1-5H3,(H2-,40,41,42,45,47,48)/p+1/t27-,29-,32+,37+,44?/m0/s1. The number of quaternary nitrogens is 1. The molecule has 274 valence electrons. The largest absolute Gasteiger partial charge is 0.382 e. The summed E-state index contributed by atoms with van der Waals surface area (Å²) in [7, 11) is 1.64. The van der Waals surface area contributed by atoms with Crippen molar-refractivity contribution in [3.63, 3.8) is 0 Å². The molecule has 5 rings (SSSR count). The Balaban J connectivity index is 1.43. The third kappa shape index (κ3) is 8.55. The van der Waals surface area contributed by atoms with Gasteiger partial charge in [0.2, 0.25) is 11.7 Å². The molecule has 1 aromatic rings. The van der Waals surface area contributed by atoms with Gasteiger partial charge in [0.15, 0.2) is 11.6 Å². The molecule has 2 aliphatic carbocycles. The summed E-state index contributed by atoms with van der Waals surface area (Å²) in [5, 5.41) is 13.1. The lowest BCUT2D eigenvalue weighted by Gasteiger charge is -2.39. The first-order valence-corrected chi connectivity index (χ1v) is 18.5. The van der Waals surface area contributed by atoms with Crippen LogP contribution in [0, 0.1) is 17.2 Å². The first kappa shape index (κ1) is 37.9. The number of amides is 4. The number of carbonyl (C=O) groups is 5. The first-order valence-electron chi connectivity index (χ1n) is 18.1. The molecule has 1 aromatic carbocycles. The molecule has 1 saturated heterocycles. The molecule has 2 heterocycles. The number of halogens is 2. The van der Waals surface area contributed by atoms with E-state index in [2.05, 4.69) is 21.1 Å². The highest BCUT2D eigenvalue weighted by atomic mass is 35.5. The van der Waals surface area contributed by atoms with Gasteiger partial charge in [-0.25, -0.2) is 13.7 Å². The van der Waals surface area contributed by atoms with Crippen LogP contribution in [-0.4, -0.2) is 83.0 Å². The molecule has 4 amide bonds. The van der Waals surface area contributed by atoms with Gasteiger partial charge in [-0.2, -0.15) is 0 Å². The van der Waals surface area contributed by atoms with E-state index in [1.54, 1.807) is 7.05 Å². The summed E-state index contributed by atoms with van der Waals surface area (Å²) in [5.41, 5.74) is -1.42. The average molecular weight is 717 g/mol. The number of benzene rings is 1. The Morgan fingerprint density at radius 1 is 1.08 bits per heavy atom. The van der Waals surface area contributed by atoms with E-state index in [4.69, 9.17) is 16.4 Å². The molecule has 5 atom stereocenters. The van der Waals surface area contributed by atoms with Gasteiger partial charge in [-0.05, 0) is 61.6 Å². The van der Waals surface area contributed by atoms with E-state index in [1.165, 1.54) is 18.2 Å². The van der Waals surface area contributed by atoms with Crippen LogP contribution in [0.1, 0.15) is 110 Å². The predicted octanol–water partition coefficient (Wildman–Crippen LogP) is 4.72. The van der Waals surface area contributed by atoms with E-state index >= 15 is 0 Å². The van der Waals surface area contributed by atoms with E-state index in [9.17, 15) is 28.4 Å². The topological polar surface area (TPSA) is 143 Å². The number of Topliss-reactive ketones (excluding diaryl/α,β-unsaturated/α-hetero) is 1. The number of hydrogen-bond donors (Lipinski definition) is 3. The summed E-state index contributed by atoms with van der Waals surface area (Å²) < 4.78 is 14.5. The van der Waals surface area contributed by atoms with Crippen molar-refractivity contribution in [2.24, 2.45) is 16.5 Å². The van der Waals surface area contributed by atoms with Gasteiger partial charge in [0, 0.05) is 29.5 Å². The van der Waals surface area contributed by atoms with Gasteiger partial charge in [0.25, 0.3) is 11.8 Å². The summed E-state index contributed by atoms with van der Waals surface area (Å²) in [4.78, 5) is 74.7. The smallest absolute Gasteiger partial charge is 0.337 e. The second-order valence-electron chi connectivity index (χ2n) is 16.1. The predicted molar refractivity (Wildman–Crippen MR) is 186 cm³/mol. The third-order valence-corrected chi connectivity index (χ3v) is 11.0. The fourth-order valence-electron chi connectivity index (χ4n) is 7.77. The minimum atomic E-state index is -1.17. The van der Waals surface area contributed by atoms with E-state index in [0.29, 0.717) is 23.6 Å². The maximum Gasteiger partial charge on any atom is 0.337 e. The lowest BCUT2D eigenvalue weighted by atomic mass is 9.83. The molecule has 50 heavy (non-hydrogen) atoms. The van der Waals surface area contributed by atoms with Crippen molar-refractivity contribution < 1.29 is 37.7 Å². The Labute approximate surface area is 299 Å². The number of likely N-dealkylation sites (N-methyl/N-ethyl adjacent to an activating group) is 1. The average Bonchev–Trinajstić information content (AvgIpc) is 3.70. The Kier molecular flexibility index (Phi) is 11.4. The Morgan fingerprint density at radius 2 is 1.78 bits per heavy atom. The zero-order valence-corrected chi connectivity index (χ0v) is 30.7. The molecule has 1 unspecified atom stereocenters. The van der Waals surface area contributed by atoms with Crippen LogP contribution in [0.2, 0.25) is 5.02 Å². The van der Waals surface area contributed by atoms with Crippen molar-refractivity contribution in [2.45, 2.75) is 135 Å². The molecular weight excluding hydrogens is 665 g/mol. The molecule has 3 N–H and O–H groups in total. The van der Waals surface area contributed by atoms with E-state index in [1.807, 2.05) is 27.7 Å². The molecule has 3 fully saturated rings. The van der Waals surface area contributed by atoms with E-state index in [0.717, 1.165) is 44.9 Å². The van der Waals surface area contributed by atoms with Crippen molar-refractivity contribution in [3.05, 3.63) is 34.6 Å². The van der Waals surface area contributed by atoms with Crippen LogP contribution < -0.4 is 16.0 Å². The maximum atomic E-state index is 14.9. The van der Waals surface area contributed by atoms with E-state index < -0.39 is 57.0 Å². The number of oxime groups is 1. The quantitative estimate of drug-likeness (QED) is 0.211. The van der Waals surface area contributed by atoms with Crippen LogP contribution in [0.3, 0.4) is 0 Å². The molecule has 13 heteroatoms. The second kappa shape index (κ2) is 15.1. The fourth-order valence-corrected chi connectivity index (χ4v) is 7.95. The van der Waals surface area contributed by atoms with Crippen LogP contribution in [0.15, 0.2) is 23.4 Å². The van der Waals surface area contributed by atoms with Gasteiger partial charge in [-0.15, -0.1) is 0 Å². The van der Waals surface area contributed by atoms with Gasteiger partial charge in [-0.1, -0.05) is 70.1 Å². The zero-order chi connectivity index (χ0) is 36.4. The molecular formula is C37H52ClFN5O6+. The van der Waals surface area contributed by atoms with Crippen LogP contribution in [-0.2, 0) is 28.8 Å². The third-order valence-electron chi connectivity index (χ3n) is 10.7. The highest BCUT2D eigenvalue weighted by molar-refractivity contribution is 6.38. The maximum absolute atomic E-state index is 14.9. The number of ketones is 1. The highest BCUT2D eigenvalue weighted by Gasteiger charge is 2.65. The number of hydrogen-bond acceptors (Lipinski definition) is 7. The van der Waals surface area contributed by atoms with Gasteiger partial charge in [0.1, 0.15) is 18.4 Å². The summed E-state index contributed by atoms with van der Waals surface area (Å²) >= 11 is 6.18. The number of rotatable bonds is 12. The number of nitrogens with one attached hydrogen (secondary N) is 3. The summed E-state index contributed by atoms with van der Waals surface area (Å²) in [6.45, 7) is 7.45. The van der Waals surface area contributed by atoms with Gasteiger partial charge >= 0.3 is 5.91 Å². The normalized spacial score (nSPS) is 26.5. The SMILES string of the molecule is CCC[C@H](NC(=O)[C@@H]1C[C@]2(CC(c3cc(Cl)ccc3F)=NO2)C[N+]1(C)C(=O)[C@@H](NC(=O)CC1CCCCC1)C(C)(C)C)C(=O)C(=O)NC1CC1. The molecule has 2 aliphatic heterocycles. The first-order chi connectivity index (χ1) is 23.5. The summed E-state index contributed by atoms with van der Waals surface area (Å²) in [6, 6.07) is 0.992. The summed E-state index contributed by atoms with van der Waals surface area (Å²) in [6.07, 6.45) is 8.10. The fraction of sp³-hybridized carbons (Fsp3) is 0.676. The van der Waals surface area contributed by atoms with Gasteiger partial charge < -0.3 is 20.8 Å². The summed E-state index contributed by atoms with van der Waals surface area (Å²) in [5.74, 6) is -2.93. The minimum Gasteiger partial charge on any atom is -0.382 e. The van der Waals surface area contributed by atoms with Gasteiger partial charge in [-0.3, -0.25) is 19.2 Å². The van der Waals surface area contributed by atoms with Crippen LogP contribution in [0.4, 0.5) is 4.39 Å². The molecule has 1 spiro atoms. The molecule has 0 aromatic heterocycles. The monoisotopic (exact) mass is 716 g/mol. The zero-order valence-electron chi connectivity index (χ0n) is 29.9. The number of nitrogens with zero attached hydrogens (tertiary/aromatic N) is 2. The molecule has 4 aliphatic rings. The molecule has 0 bridgehead atoms. The van der Waals surface area contributed by atoms with Crippen molar-refractivity contribution >= 4 is 46.7 Å². The highest BCUT2D eigenvalue weighted by Crippen LogP contribution is 2.44. The number of carbonyl (C=O) groups excluding carboxylic acids is 5. The van der Waals surface area contributed by atoms with Crippen LogP contribution in [0.25, 0.3) is 0 Å². The Morgan fingerprint density at radius 3 is 2.42 bits per heavy atom. The number of likely N-dealkylation sites (tertiary alicyclic amines) is 1.